The molecule has 5 nitrogen and oxygen atoms in total. The highest BCUT2D eigenvalue weighted by Gasteiger charge is 2.22. The van der Waals surface area contributed by atoms with Gasteiger partial charge in [0.2, 0.25) is 5.91 Å². The van der Waals surface area contributed by atoms with Gasteiger partial charge < -0.3 is 4.98 Å². The van der Waals surface area contributed by atoms with Gasteiger partial charge in [0.15, 0.2) is 0 Å². The van der Waals surface area contributed by atoms with Crippen LogP contribution >= 0.6 is 11.8 Å². The number of nitrogens with one attached hydrogen (secondary N) is 3. The Labute approximate surface area is 178 Å². The second-order valence-corrected chi connectivity index (χ2v) is 7.97. The van der Waals surface area contributed by atoms with E-state index in [0.717, 1.165) is 26.9 Å². The highest BCUT2D eigenvalue weighted by Crippen LogP contribution is 2.35. The number of fused-ring (bicyclic) bond motifs is 1. The Hall–Kier alpha value is -3.51. The van der Waals surface area contributed by atoms with E-state index in [2.05, 4.69) is 15.8 Å². The SMILES string of the molecule is O=C(Cc1c[nH]c2ccccc12)NNC(=O)C(Sc1ccccc1)c1ccccc1. The van der Waals surface area contributed by atoms with Crippen LogP contribution in [-0.2, 0) is 16.0 Å². The Morgan fingerprint density at radius 3 is 2.27 bits per heavy atom. The number of H-pyrrole nitrogens is 1. The number of amides is 2. The molecule has 0 aliphatic carbocycles. The standard InChI is InChI=1S/C24H21N3O2S/c28-22(15-18-16-25-21-14-8-7-13-20(18)21)26-27-24(29)23(17-9-3-1-4-10-17)30-19-11-5-2-6-12-19/h1-14,16,23,25H,15H2,(H,26,28)(H,27,29). The van der Waals surface area contributed by atoms with Gasteiger partial charge in [0.05, 0.1) is 6.42 Å². The predicted octanol–water partition coefficient (Wildman–Crippen LogP) is 4.39. The Kier molecular flexibility index (Phi) is 6.15. The molecule has 4 aromatic rings. The van der Waals surface area contributed by atoms with Crippen molar-refractivity contribution in [3.8, 4) is 0 Å². The topological polar surface area (TPSA) is 74.0 Å². The normalized spacial score (nSPS) is 11.7. The largest absolute Gasteiger partial charge is 0.361 e. The van der Waals surface area contributed by atoms with Gasteiger partial charge in [0, 0.05) is 22.0 Å². The van der Waals surface area contributed by atoms with E-state index in [-0.39, 0.29) is 18.2 Å². The van der Waals surface area contributed by atoms with Crippen molar-refractivity contribution in [3.63, 3.8) is 0 Å². The number of thioether (sulfide) groups is 1. The third-order valence-electron chi connectivity index (χ3n) is 4.69. The van der Waals surface area contributed by atoms with Crippen LogP contribution < -0.4 is 10.9 Å². The first-order valence-electron chi connectivity index (χ1n) is 9.61. The van der Waals surface area contributed by atoms with Gasteiger partial charge >= 0.3 is 0 Å². The third-order valence-corrected chi connectivity index (χ3v) is 5.95. The van der Waals surface area contributed by atoms with Crippen molar-refractivity contribution in [3.05, 3.63) is 102 Å². The zero-order valence-corrected chi connectivity index (χ0v) is 17.0. The quantitative estimate of drug-likeness (QED) is 0.323. The maximum atomic E-state index is 12.9. The Balaban J connectivity index is 1.42. The van der Waals surface area contributed by atoms with Gasteiger partial charge in [-0.05, 0) is 29.3 Å². The summed E-state index contributed by atoms with van der Waals surface area (Å²) in [6.45, 7) is 0. The van der Waals surface area contributed by atoms with E-state index in [4.69, 9.17) is 0 Å². The maximum absolute atomic E-state index is 12.9. The summed E-state index contributed by atoms with van der Waals surface area (Å²) >= 11 is 1.44. The molecule has 1 unspecified atom stereocenters. The van der Waals surface area contributed by atoms with E-state index in [0.29, 0.717) is 0 Å². The number of para-hydroxylation sites is 1. The van der Waals surface area contributed by atoms with E-state index in [9.17, 15) is 9.59 Å². The summed E-state index contributed by atoms with van der Waals surface area (Å²) < 4.78 is 0. The highest BCUT2D eigenvalue weighted by molar-refractivity contribution is 8.00. The molecule has 3 aromatic carbocycles. The van der Waals surface area contributed by atoms with Crippen LogP contribution in [0, 0.1) is 0 Å². The molecule has 1 aromatic heterocycles. The van der Waals surface area contributed by atoms with E-state index >= 15 is 0 Å². The van der Waals surface area contributed by atoms with Crippen LogP contribution in [0.1, 0.15) is 16.4 Å². The molecule has 0 radical (unpaired) electrons. The average molecular weight is 416 g/mol. The first kappa shape index (κ1) is 19.8. The number of hydrogen-bond donors (Lipinski definition) is 3. The van der Waals surface area contributed by atoms with Gasteiger partial charge in [-0.3, -0.25) is 20.4 Å². The van der Waals surface area contributed by atoms with Crippen LogP contribution in [0.15, 0.2) is 96.0 Å². The van der Waals surface area contributed by atoms with Crippen molar-refractivity contribution < 1.29 is 9.59 Å². The molecule has 2 amide bonds. The minimum absolute atomic E-state index is 0.173. The van der Waals surface area contributed by atoms with Crippen molar-refractivity contribution in [1.29, 1.82) is 0 Å². The molecule has 4 rings (SSSR count). The number of benzene rings is 3. The van der Waals surface area contributed by atoms with Gasteiger partial charge in [-0.15, -0.1) is 11.8 Å². The minimum atomic E-state index is -0.484. The lowest BCUT2D eigenvalue weighted by molar-refractivity contribution is -0.128. The monoisotopic (exact) mass is 415 g/mol. The van der Waals surface area contributed by atoms with Gasteiger partial charge in [0.25, 0.3) is 5.91 Å². The van der Waals surface area contributed by atoms with Gasteiger partial charge in [-0.25, -0.2) is 0 Å². The van der Waals surface area contributed by atoms with Gasteiger partial charge in [-0.2, -0.15) is 0 Å². The van der Waals surface area contributed by atoms with Crippen molar-refractivity contribution >= 4 is 34.5 Å². The molecule has 0 saturated heterocycles. The third kappa shape index (κ3) is 4.72. The minimum Gasteiger partial charge on any atom is -0.361 e. The molecule has 0 fully saturated rings. The van der Waals surface area contributed by atoms with Crippen LogP contribution in [0.25, 0.3) is 10.9 Å². The van der Waals surface area contributed by atoms with Crippen LogP contribution in [0.5, 0.6) is 0 Å². The summed E-state index contributed by atoms with van der Waals surface area (Å²) in [5.74, 6) is -0.549. The molecule has 0 aliphatic heterocycles. The zero-order valence-electron chi connectivity index (χ0n) is 16.2. The fourth-order valence-corrected chi connectivity index (χ4v) is 4.27. The van der Waals surface area contributed by atoms with Crippen molar-refractivity contribution in [2.24, 2.45) is 0 Å². The summed E-state index contributed by atoms with van der Waals surface area (Å²) in [4.78, 5) is 29.5. The van der Waals surface area contributed by atoms with Crippen LogP contribution in [0.3, 0.4) is 0 Å². The summed E-state index contributed by atoms with van der Waals surface area (Å²) in [5.41, 5.74) is 7.88. The van der Waals surface area contributed by atoms with Crippen LogP contribution in [-0.4, -0.2) is 16.8 Å². The molecule has 3 N–H and O–H groups in total. The molecule has 1 atom stereocenters. The number of hydrogen-bond acceptors (Lipinski definition) is 3. The Morgan fingerprint density at radius 2 is 1.50 bits per heavy atom. The lowest BCUT2D eigenvalue weighted by atomic mass is 10.1. The first-order chi connectivity index (χ1) is 14.7. The summed E-state index contributed by atoms with van der Waals surface area (Å²) in [7, 11) is 0. The molecule has 0 saturated carbocycles. The van der Waals surface area contributed by atoms with E-state index in [1.807, 2.05) is 91.1 Å². The number of aromatic amines is 1. The van der Waals surface area contributed by atoms with Crippen molar-refractivity contribution in [2.45, 2.75) is 16.6 Å². The first-order valence-corrected chi connectivity index (χ1v) is 10.5. The number of carbonyl (C=O) groups is 2. The van der Waals surface area contributed by atoms with Crippen molar-refractivity contribution in [1.82, 2.24) is 15.8 Å². The predicted molar refractivity (Wildman–Crippen MR) is 120 cm³/mol. The molecular weight excluding hydrogens is 394 g/mol. The molecule has 0 spiro atoms. The second-order valence-electron chi connectivity index (χ2n) is 6.80. The molecule has 6 heteroatoms. The van der Waals surface area contributed by atoms with E-state index in [1.54, 1.807) is 0 Å². The molecule has 30 heavy (non-hydrogen) atoms. The molecule has 150 valence electrons. The summed E-state index contributed by atoms with van der Waals surface area (Å²) in [6, 6.07) is 27.1. The number of rotatable bonds is 6. The smallest absolute Gasteiger partial charge is 0.256 e. The lowest BCUT2D eigenvalue weighted by Gasteiger charge is -2.17. The van der Waals surface area contributed by atoms with Crippen molar-refractivity contribution in [2.75, 3.05) is 0 Å². The fraction of sp³-hybridized carbons (Fsp3) is 0.0833. The van der Waals surface area contributed by atoms with Crippen LogP contribution in [0.2, 0.25) is 0 Å². The maximum Gasteiger partial charge on any atom is 0.256 e. The molecule has 0 aliphatic rings. The average Bonchev–Trinajstić information content (AvgIpc) is 3.20. The second kappa shape index (κ2) is 9.33. The summed E-state index contributed by atoms with van der Waals surface area (Å²) in [5, 5.41) is 0.516. The van der Waals surface area contributed by atoms with Crippen LogP contribution in [0.4, 0.5) is 0 Å². The molecular formula is C24H21N3O2S. The Morgan fingerprint density at radius 1 is 0.833 bits per heavy atom. The van der Waals surface area contributed by atoms with Gasteiger partial charge in [0.1, 0.15) is 5.25 Å². The molecule has 0 bridgehead atoms. The summed E-state index contributed by atoms with van der Waals surface area (Å²) in [6.07, 6.45) is 2.00. The number of aromatic nitrogens is 1. The highest BCUT2D eigenvalue weighted by atomic mass is 32.2. The zero-order chi connectivity index (χ0) is 20.8. The number of hydrazine groups is 1. The fourth-order valence-electron chi connectivity index (χ4n) is 3.23. The Bertz CT molecular complexity index is 1140. The van der Waals surface area contributed by atoms with Gasteiger partial charge in [-0.1, -0.05) is 66.7 Å². The van der Waals surface area contributed by atoms with E-state index < -0.39 is 5.25 Å². The van der Waals surface area contributed by atoms with E-state index in [1.165, 1.54) is 11.8 Å². The molecule has 1 heterocycles. The number of carbonyl (C=O) groups excluding carboxylic acids is 2. The lowest BCUT2D eigenvalue weighted by Crippen LogP contribution is -2.44.